The summed E-state index contributed by atoms with van der Waals surface area (Å²) in [5.74, 6) is 0. The van der Waals surface area contributed by atoms with Crippen LogP contribution in [0.2, 0.25) is 0 Å². The zero-order valence-corrected chi connectivity index (χ0v) is 6.58. The molecule has 4 nitrogen and oxygen atoms in total. The van der Waals surface area contributed by atoms with Gasteiger partial charge in [0.2, 0.25) is 11.0 Å². The summed E-state index contributed by atoms with van der Waals surface area (Å²) in [7, 11) is 0. The van der Waals surface area contributed by atoms with Crippen LogP contribution in [-0.4, -0.2) is 5.16 Å². The maximum atomic E-state index is 12.2. The number of nitrogens with zero attached hydrogens (tertiary/aromatic N) is 2. The lowest BCUT2D eigenvalue weighted by Gasteiger charge is -2.03. The van der Waals surface area contributed by atoms with Crippen molar-refractivity contribution < 1.29 is 22.7 Å². The van der Waals surface area contributed by atoms with E-state index in [1.165, 1.54) is 0 Å². The molecule has 7 heteroatoms. The Morgan fingerprint density at radius 3 is 2.71 bits per heavy atom. The van der Waals surface area contributed by atoms with Crippen molar-refractivity contribution in [2.75, 3.05) is 0 Å². The van der Waals surface area contributed by atoms with E-state index in [0.717, 1.165) is 18.2 Å². The quantitative estimate of drug-likeness (QED) is 0.610. The molecule has 0 saturated carbocycles. The molecule has 0 unspecified atom stereocenters. The monoisotopic (exact) mass is 204 g/mol. The Kier molecular flexibility index (Phi) is 1.63. The first-order chi connectivity index (χ1) is 6.48. The topological polar surface area (TPSA) is 53.0 Å². The number of benzene rings is 1. The summed E-state index contributed by atoms with van der Waals surface area (Å²) in [6.07, 6.45) is -4.44. The van der Waals surface area contributed by atoms with E-state index in [1.807, 2.05) is 0 Å². The molecule has 0 spiro atoms. The smallest absolute Gasteiger partial charge is 0.359 e. The van der Waals surface area contributed by atoms with Crippen molar-refractivity contribution in [2.24, 2.45) is 0 Å². The molecule has 0 aliphatic rings. The molecule has 0 atom stereocenters. The molecule has 0 N–H and O–H groups in total. The van der Waals surface area contributed by atoms with Gasteiger partial charge in [-0.15, -0.1) is 0 Å². The van der Waals surface area contributed by atoms with Gasteiger partial charge in [-0.1, -0.05) is 0 Å². The van der Waals surface area contributed by atoms with E-state index in [1.54, 1.807) is 0 Å². The van der Waals surface area contributed by atoms with Gasteiger partial charge in [-0.2, -0.15) is 13.2 Å². The molecule has 1 heterocycles. The van der Waals surface area contributed by atoms with E-state index < -0.39 is 11.7 Å². The molecule has 0 amide bonds. The predicted octanol–water partition coefficient (Wildman–Crippen LogP) is 1.48. The van der Waals surface area contributed by atoms with E-state index in [2.05, 4.69) is 9.79 Å². The van der Waals surface area contributed by atoms with Crippen LogP contribution in [0.4, 0.5) is 13.2 Å². The van der Waals surface area contributed by atoms with Gasteiger partial charge < -0.3 is 5.21 Å². The summed E-state index contributed by atoms with van der Waals surface area (Å²) >= 11 is 0. The Morgan fingerprint density at radius 1 is 1.36 bits per heavy atom. The molecule has 1 aromatic carbocycles. The van der Waals surface area contributed by atoms with Crippen LogP contribution in [0.15, 0.2) is 22.8 Å². The molecule has 0 saturated heterocycles. The number of hydrogen-bond donors (Lipinski definition) is 0. The van der Waals surface area contributed by atoms with Gasteiger partial charge in [-0.3, -0.25) is 4.63 Å². The molecule has 14 heavy (non-hydrogen) atoms. The Balaban J connectivity index is 2.63. The highest BCUT2D eigenvalue weighted by atomic mass is 19.4. The van der Waals surface area contributed by atoms with Crippen LogP contribution >= 0.6 is 0 Å². The molecule has 2 rings (SSSR count). The molecule has 0 radical (unpaired) electrons. The van der Waals surface area contributed by atoms with Crippen LogP contribution < -0.4 is 4.90 Å². The highest BCUT2D eigenvalue weighted by molar-refractivity contribution is 5.71. The number of fused-ring (bicyclic) bond motifs is 1. The average Bonchev–Trinajstić information content (AvgIpc) is 2.46. The van der Waals surface area contributed by atoms with E-state index in [0.29, 0.717) is 0 Å². The first kappa shape index (κ1) is 8.79. The summed E-state index contributed by atoms with van der Waals surface area (Å²) in [4.78, 5) is 0.0511. The summed E-state index contributed by atoms with van der Waals surface area (Å²) in [5, 5.41) is 13.9. The highest BCUT2D eigenvalue weighted by Crippen LogP contribution is 2.30. The highest BCUT2D eigenvalue weighted by Gasteiger charge is 2.31. The van der Waals surface area contributed by atoms with Crippen molar-refractivity contribution in [3.05, 3.63) is 29.0 Å². The first-order valence-corrected chi connectivity index (χ1v) is 3.55. The molecule has 0 aliphatic heterocycles. The van der Waals surface area contributed by atoms with Crippen LogP contribution in [0, 0.1) is 5.21 Å². The third kappa shape index (κ3) is 1.26. The second-order valence-electron chi connectivity index (χ2n) is 2.63. The minimum absolute atomic E-state index is 0.0296. The van der Waals surface area contributed by atoms with Crippen molar-refractivity contribution in [1.82, 2.24) is 5.16 Å². The summed E-state index contributed by atoms with van der Waals surface area (Å²) in [6.45, 7) is 0. The maximum absolute atomic E-state index is 12.2. The van der Waals surface area contributed by atoms with Gasteiger partial charge in [0.15, 0.2) is 0 Å². The van der Waals surface area contributed by atoms with Crippen molar-refractivity contribution >= 4 is 11.0 Å². The Labute approximate surface area is 75.1 Å². The summed E-state index contributed by atoms with van der Waals surface area (Å²) in [5.41, 5.74) is -1.01. The fourth-order valence-electron chi connectivity index (χ4n) is 1.05. The van der Waals surface area contributed by atoms with Gasteiger partial charge in [0, 0.05) is 11.2 Å². The van der Waals surface area contributed by atoms with Gasteiger partial charge in [0.25, 0.3) is 0 Å². The van der Waals surface area contributed by atoms with Crippen molar-refractivity contribution in [3.63, 3.8) is 0 Å². The lowest BCUT2D eigenvalue weighted by atomic mass is 10.2. The molecule has 0 aliphatic carbocycles. The van der Waals surface area contributed by atoms with Crippen LogP contribution in [0.25, 0.3) is 11.0 Å². The Morgan fingerprint density at radius 2 is 2.07 bits per heavy atom. The van der Waals surface area contributed by atoms with Crippen LogP contribution in [0.3, 0.4) is 0 Å². The minimum atomic E-state index is -4.44. The summed E-state index contributed by atoms with van der Waals surface area (Å²) < 4.78 is 40.7. The Hall–Kier alpha value is -1.79. The van der Waals surface area contributed by atoms with Gasteiger partial charge in [0.05, 0.1) is 5.56 Å². The lowest BCUT2D eigenvalue weighted by Crippen LogP contribution is -2.22. The molecule has 2 aromatic rings. The van der Waals surface area contributed by atoms with Crippen LogP contribution in [-0.2, 0) is 6.18 Å². The number of alkyl halides is 3. The zero-order chi connectivity index (χ0) is 10.3. The van der Waals surface area contributed by atoms with Gasteiger partial charge in [0.1, 0.15) is 0 Å². The van der Waals surface area contributed by atoms with Crippen molar-refractivity contribution in [3.8, 4) is 0 Å². The number of rotatable bonds is 0. The van der Waals surface area contributed by atoms with Crippen molar-refractivity contribution in [2.45, 2.75) is 6.18 Å². The molecule has 0 fully saturated rings. The van der Waals surface area contributed by atoms with Gasteiger partial charge >= 0.3 is 6.18 Å². The SMILES string of the molecule is [O-][n+]1onc2cc(C(F)(F)F)ccc21. The number of hydrogen-bond acceptors (Lipinski definition) is 3. The predicted molar refractivity (Wildman–Crippen MR) is 38.0 cm³/mol. The van der Waals surface area contributed by atoms with E-state index in [9.17, 15) is 18.4 Å². The molecule has 0 bridgehead atoms. The fourth-order valence-corrected chi connectivity index (χ4v) is 1.05. The first-order valence-electron chi connectivity index (χ1n) is 3.55. The maximum Gasteiger partial charge on any atom is 0.416 e. The number of halogens is 3. The molecule has 1 aromatic heterocycles. The second kappa shape index (κ2) is 2.60. The van der Waals surface area contributed by atoms with E-state index in [-0.39, 0.29) is 15.9 Å². The molecular weight excluding hydrogens is 201 g/mol. The van der Waals surface area contributed by atoms with E-state index in [4.69, 9.17) is 0 Å². The third-order valence-electron chi connectivity index (χ3n) is 1.71. The fraction of sp³-hybridized carbons (Fsp3) is 0.143. The van der Waals surface area contributed by atoms with E-state index >= 15 is 0 Å². The van der Waals surface area contributed by atoms with Gasteiger partial charge in [-0.05, 0) is 17.0 Å². The third-order valence-corrected chi connectivity index (χ3v) is 1.71. The normalized spacial score (nSPS) is 12.2. The second-order valence-corrected chi connectivity index (χ2v) is 2.63. The average molecular weight is 204 g/mol. The minimum Gasteiger partial charge on any atom is -0.359 e. The van der Waals surface area contributed by atoms with Gasteiger partial charge in [-0.25, -0.2) is 0 Å². The van der Waals surface area contributed by atoms with Crippen LogP contribution in [0.5, 0.6) is 0 Å². The number of aromatic nitrogens is 2. The molecular formula is C7H3F3N2O2. The molecule has 74 valence electrons. The lowest BCUT2D eigenvalue weighted by molar-refractivity contribution is -0.782. The Bertz CT molecular complexity index is 477. The standard InChI is InChI=1S/C7H3F3N2O2/c8-7(9,10)4-1-2-6-5(3-4)11-14-12(6)13/h1-3H. The van der Waals surface area contributed by atoms with Crippen LogP contribution in [0.1, 0.15) is 5.56 Å². The largest absolute Gasteiger partial charge is 0.416 e. The summed E-state index contributed by atoms with van der Waals surface area (Å²) in [6, 6.07) is 2.57. The van der Waals surface area contributed by atoms with Crippen molar-refractivity contribution in [1.29, 1.82) is 0 Å². The zero-order valence-electron chi connectivity index (χ0n) is 6.58.